The first kappa shape index (κ1) is 15.9. The second-order valence-corrected chi connectivity index (χ2v) is 6.55. The van der Waals surface area contributed by atoms with Crippen LogP contribution in [0.5, 0.6) is 11.5 Å². The van der Waals surface area contributed by atoms with E-state index in [1.54, 1.807) is 18.2 Å². The van der Waals surface area contributed by atoms with Crippen LogP contribution in [0, 0.1) is 0 Å². The molecule has 0 amide bonds. The molecule has 1 unspecified atom stereocenters. The Morgan fingerprint density at radius 2 is 2.00 bits per heavy atom. The maximum absolute atomic E-state index is 11.3. The molecule has 7 heteroatoms. The highest BCUT2D eigenvalue weighted by molar-refractivity contribution is 7.90. The number of hydrogen-bond donors (Lipinski definition) is 1. The van der Waals surface area contributed by atoms with Gasteiger partial charge in [0, 0.05) is 11.7 Å². The molecule has 5 nitrogen and oxygen atoms in total. The van der Waals surface area contributed by atoms with Crippen LogP contribution in [-0.4, -0.2) is 42.0 Å². The Morgan fingerprint density at radius 1 is 1.37 bits per heavy atom. The Kier molecular flexibility index (Phi) is 4.87. The van der Waals surface area contributed by atoms with E-state index in [-0.39, 0.29) is 5.75 Å². The van der Waals surface area contributed by atoms with Gasteiger partial charge in [-0.1, -0.05) is 6.07 Å². The third-order valence-corrected chi connectivity index (χ3v) is 3.50. The lowest BCUT2D eigenvalue weighted by atomic mass is 9.74. The van der Waals surface area contributed by atoms with Crippen LogP contribution in [0.1, 0.15) is 12.5 Å². The molecule has 0 saturated carbocycles. The first-order valence-electron chi connectivity index (χ1n) is 5.76. The molecular formula is C12H18BNO4S. The lowest BCUT2D eigenvalue weighted by molar-refractivity contribution is 0.310. The van der Waals surface area contributed by atoms with Crippen molar-refractivity contribution in [3.05, 3.63) is 23.8 Å². The van der Waals surface area contributed by atoms with Gasteiger partial charge in [0.25, 0.3) is 0 Å². The van der Waals surface area contributed by atoms with Crippen molar-refractivity contribution in [3.63, 3.8) is 0 Å². The number of hydrogen-bond acceptors (Lipinski definition) is 5. The molecule has 19 heavy (non-hydrogen) atoms. The number of rotatable bonds is 6. The monoisotopic (exact) mass is 283 g/mol. The summed E-state index contributed by atoms with van der Waals surface area (Å²) < 4.78 is 33.2. The molecule has 0 aliphatic heterocycles. The zero-order valence-electron chi connectivity index (χ0n) is 11.3. The highest BCUT2D eigenvalue weighted by Gasteiger charge is 2.26. The van der Waals surface area contributed by atoms with Crippen molar-refractivity contribution >= 4 is 17.7 Å². The Morgan fingerprint density at radius 3 is 2.47 bits per heavy atom. The van der Waals surface area contributed by atoms with E-state index >= 15 is 0 Å². The molecule has 0 bridgehead atoms. The molecule has 0 fully saturated rings. The summed E-state index contributed by atoms with van der Waals surface area (Å²) in [5.74, 6) is 0.676. The molecule has 2 N–H and O–H groups in total. The van der Waals surface area contributed by atoms with Gasteiger partial charge in [0.2, 0.25) is 0 Å². The van der Waals surface area contributed by atoms with E-state index in [0.29, 0.717) is 23.7 Å². The van der Waals surface area contributed by atoms with Gasteiger partial charge < -0.3 is 15.2 Å². The van der Waals surface area contributed by atoms with Crippen molar-refractivity contribution in [2.24, 2.45) is 5.73 Å². The molecule has 2 radical (unpaired) electrons. The minimum absolute atomic E-state index is 0.349. The van der Waals surface area contributed by atoms with Gasteiger partial charge in [0.05, 0.1) is 19.5 Å². The van der Waals surface area contributed by atoms with Crippen LogP contribution >= 0.6 is 0 Å². The van der Waals surface area contributed by atoms with Crippen LogP contribution in [0.4, 0.5) is 0 Å². The lowest BCUT2D eigenvalue weighted by Gasteiger charge is -2.25. The molecule has 0 heterocycles. The highest BCUT2D eigenvalue weighted by atomic mass is 32.2. The molecule has 1 aromatic carbocycles. The maximum Gasteiger partial charge on any atom is 0.161 e. The predicted molar refractivity (Wildman–Crippen MR) is 75.5 cm³/mol. The smallest absolute Gasteiger partial charge is 0.161 e. The van der Waals surface area contributed by atoms with Gasteiger partial charge in [-0.15, -0.1) is 0 Å². The maximum atomic E-state index is 11.3. The standard InChI is InChI=1S/C12H18BNO4S/c1-4-18-11-7-9(5-6-10(11)17-2)12(13,14)8-19(3,15)16/h5-7H,4,8,14H2,1-3H3. The first-order valence-corrected chi connectivity index (χ1v) is 7.82. The number of benzene rings is 1. The molecule has 0 aromatic heterocycles. The van der Waals surface area contributed by atoms with E-state index in [4.69, 9.17) is 23.1 Å². The van der Waals surface area contributed by atoms with Gasteiger partial charge in [0.15, 0.2) is 11.5 Å². The van der Waals surface area contributed by atoms with Crippen molar-refractivity contribution in [2.75, 3.05) is 25.7 Å². The average Bonchev–Trinajstić information content (AvgIpc) is 2.26. The van der Waals surface area contributed by atoms with Crippen molar-refractivity contribution < 1.29 is 17.9 Å². The molecule has 1 rings (SSSR count). The van der Waals surface area contributed by atoms with Gasteiger partial charge in [-0.25, -0.2) is 8.42 Å². The van der Waals surface area contributed by atoms with Crippen LogP contribution in [-0.2, 0) is 15.3 Å². The SMILES string of the molecule is [B]C(N)(CS(C)(=O)=O)c1ccc(OC)c(OCC)c1. The van der Waals surface area contributed by atoms with E-state index < -0.39 is 15.3 Å². The summed E-state index contributed by atoms with van der Waals surface area (Å²) in [5.41, 5.74) is 4.89. The summed E-state index contributed by atoms with van der Waals surface area (Å²) in [6, 6.07) is 4.89. The highest BCUT2D eigenvalue weighted by Crippen LogP contribution is 2.31. The fourth-order valence-electron chi connectivity index (χ4n) is 1.75. The second kappa shape index (κ2) is 5.84. The molecular weight excluding hydrogens is 265 g/mol. The van der Waals surface area contributed by atoms with Gasteiger partial charge in [-0.3, -0.25) is 0 Å². The van der Waals surface area contributed by atoms with E-state index in [1.807, 2.05) is 6.92 Å². The van der Waals surface area contributed by atoms with Gasteiger partial charge in [0.1, 0.15) is 17.7 Å². The topological polar surface area (TPSA) is 78.6 Å². The second-order valence-electron chi connectivity index (χ2n) is 4.41. The fraction of sp³-hybridized carbons (Fsp3) is 0.500. The minimum atomic E-state index is -3.29. The van der Waals surface area contributed by atoms with Gasteiger partial charge in [-0.05, 0) is 24.6 Å². The Bertz CT molecular complexity index is 543. The zero-order chi connectivity index (χ0) is 14.7. The van der Waals surface area contributed by atoms with Crippen LogP contribution in [0.2, 0.25) is 0 Å². The summed E-state index contributed by atoms with van der Waals surface area (Å²) in [4.78, 5) is 0. The Hall–Kier alpha value is -1.21. The molecule has 1 aromatic rings. The summed E-state index contributed by atoms with van der Waals surface area (Å²) in [6.07, 6.45) is 1.09. The third-order valence-electron chi connectivity index (χ3n) is 2.50. The summed E-state index contributed by atoms with van der Waals surface area (Å²) in [7, 11) is 4.11. The zero-order valence-corrected chi connectivity index (χ0v) is 12.2. The number of nitrogens with two attached hydrogens (primary N) is 1. The normalized spacial score (nSPS) is 14.7. The third kappa shape index (κ3) is 4.43. The van der Waals surface area contributed by atoms with Crippen LogP contribution in [0.3, 0.4) is 0 Å². The Labute approximate surface area is 115 Å². The van der Waals surface area contributed by atoms with Crippen LogP contribution in [0.15, 0.2) is 18.2 Å². The van der Waals surface area contributed by atoms with Gasteiger partial charge in [-0.2, -0.15) is 0 Å². The number of sulfone groups is 1. The minimum Gasteiger partial charge on any atom is -0.493 e. The largest absolute Gasteiger partial charge is 0.493 e. The average molecular weight is 283 g/mol. The van der Waals surface area contributed by atoms with Crippen molar-refractivity contribution in [1.82, 2.24) is 0 Å². The van der Waals surface area contributed by atoms with Crippen molar-refractivity contribution in [2.45, 2.75) is 12.4 Å². The fourth-order valence-corrected chi connectivity index (χ4v) is 2.79. The summed E-state index contributed by atoms with van der Waals surface area (Å²) in [5, 5.41) is 0. The lowest BCUT2D eigenvalue weighted by Crippen LogP contribution is -2.43. The van der Waals surface area contributed by atoms with E-state index in [9.17, 15) is 8.42 Å². The first-order chi connectivity index (χ1) is 8.69. The van der Waals surface area contributed by atoms with E-state index in [1.165, 1.54) is 7.11 Å². The van der Waals surface area contributed by atoms with Crippen LogP contribution in [0.25, 0.3) is 0 Å². The molecule has 0 saturated heterocycles. The molecule has 0 spiro atoms. The number of methoxy groups -OCH3 is 1. The molecule has 1 atom stereocenters. The summed E-state index contributed by atoms with van der Waals surface area (Å²) >= 11 is 0. The molecule has 104 valence electrons. The van der Waals surface area contributed by atoms with E-state index in [2.05, 4.69) is 0 Å². The van der Waals surface area contributed by atoms with Crippen LogP contribution < -0.4 is 15.2 Å². The predicted octanol–water partition coefficient (Wildman–Crippen LogP) is 0.419. The molecule has 0 aliphatic carbocycles. The number of ether oxygens (including phenoxy) is 2. The van der Waals surface area contributed by atoms with E-state index in [0.717, 1.165) is 6.26 Å². The van der Waals surface area contributed by atoms with Crippen molar-refractivity contribution in [1.29, 1.82) is 0 Å². The van der Waals surface area contributed by atoms with Crippen molar-refractivity contribution in [3.8, 4) is 11.5 Å². The van der Waals surface area contributed by atoms with Gasteiger partial charge >= 0.3 is 0 Å². The quantitative estimate of drug-likeness (QED) is 0.765. The molecule has 0 aliphatic rings. The summed E-state index contributed by atoms with van der Waals surface area (Å²) in [6.45, 7) is 2.29. The Balaban J connectivity index is 3.16.